The van der Waals surface area contributed by atoms with Gasteiger partial charge in [-0.2, -0.15) is 5.26 Å². The van der Waals surface area contributed by atoms with Crippen LogP contribution in [0.1, 0.15) is 29.7 Å². The normalized spacial score (nSPS) is 17.9. The molecule has 0 saturated carbocycles. The van der Waals surface area contributed by atoms with Crippen molar-refractivity contribution in [1.82, 2.24) is 10.2 Å². The van der Waals surface area contributed by atoms with Gasteiger partial charge in [0.05, 0.1) is 11.6 Å². The van der Waals surface area contributed by atoms with E-state index in [1.54, 1.807) is 48.2 Å². The van der Waals surface area contributed by atoms with Gasteiger partial charge in [-0.15, -0.1) is 0 Å². The zero-order valence-electron chi connectivity index (χ0n) is 15.4. The van der Waals surface area contributed by atoms with E-state index in [2.05, 4.69) is 5.32 Å². The molecule has 1 aliphatic heterocycles. The van der Waals surface area contributed by atoms with Gasteiger partial charge in [-0.1, -0.05) is 12.1 Å². The smallest absolute Gasteiger partial charge is 0.268 e. The Morgan fingerprint density at radius 3 is 2.70 bits per heavy atom. The number of ether oxygens (including phenoxy) is 1. The van der Waals surface area contributed by atoms with Crippen LogP contribution in [0, 0.1) is 24.1 Å². The van der Waals surface area contributed by atoms with Crippen molar-refractivity contribution in [3.63, 3.8) is 0 Å². The van der Waals surface area contributed by atoms with Crippen LogP contribution in [0.5, 0.6) is 5.75 Å². The van der Waals surface area contributed by atoms with Crippen molar-refractivity contribution in [2.45, 2.75) is 26.0 Å². The first-order valence-corrected chi connectivity index (χ1v) is 8.93. The average molecular weight is 367 g/mol. The zero-order chi connectivity index (χ0) is 19.4. The molecule has 1 amide bonds. The predicted octanol–water partition coefficient (Wildman–Crippen LogP) is 2.95. The molecule has 0 radical (unpaired) electrons. The van der Waals surface area contributed by atoms with Crippen LogP contribution in [0.4, 0.5) is 4.39 Å². The maximum Gasteiger partial charge on any atom is 0.268 e. The van der Waals surface area contributed by atoms with E-state index < -0.39 is 6.10 Å². The summed E-state index contributed by atoms with van der Waals surface area (Å²) in [5.41, 5.74) is 1.49. The second kappa shape index (κ2) is 8.19. The Morgan fingerprint density at radius 1 is 1.33 bits per heavy atom. The largest absolute Gasteiger partial charge is 0.476 e. The zero-order valence-corrected chi connectivity index (χ0v) is 15.4. The maximum atomic E-state index is 14.1. The Labute approximate surface area is 158 Å². The van der Waals surface area contributed by atoms with Crippen molar-refractivity contribution >= 4 is 5.91 Å². The lowest BCUT2D eigenvalue weighted by Gasteiger charge is -2.34. The number of hydrogen-bond acceptors (Lipinski definition) is 4. The first kappa shape index (κ1) is 18.9. The van der Waals surface area contributed by atoms with Crippen molar-refractivity contribution in [2.75, 3.05) is 19.6 Å². The molecule has 1 aliphatic rings. The topological polar surface area (TPSA) is 65.4 Å². The van der Waals surface area contributed by atoms with E-state index in [9.17, 15) is 9.18 Å². The molecular formula is C21H22FN3O2. The molecule has 1 N–H and O–H groups in total. The van der Waals surface area contributed by atoms with Gasteiger partial charge >= 0.3 is 0 Å². The molecule has 0 spiro atoms. The number of nitrogens with zero attached hydrogens (tertiary/aromatic N) is 2. The van der Waals surface area contributed by atoms with Gasteiger partial charge in [0.1, 0.15) is 11.6 Å². The number of carbonyl (C=O) groups is 1. The summed E-state index contributed by atoms with van der Waals surface area (Å²) < 4.78 is 20.1. The minimum absolute atomic E-state index is 0.188. The molecule has 1 saturated heterocycles. The van der Waals surface area contributed by atoms with Gasteiger partial charge in [0, 0.05) is 31.2 Å². The monoisotopic (exact) mass is 367 g/mol. The molecular weight excluding hydrogens is 345 g/mol. The fourth-order valence-corrected chi connectivity index (χ4v) is 3.08. The van der Waals surface area contributed by atoms with E-state index >= 15 is 0 Å². The van der Waals surface area contributed by atoms with E-state index in [-0.39, 0.29) is 17.8 Å². The van der Waals surface area contributed by atoms with Crippen LogP contribution in [0.3, 0.4) is 0 Å². The minimum atomic E-state index is -0.946. The Hall–Kier alpha value is -2.91. The number of halogens is 1. The van der Waals surface area contributed by atoms with Gasteiger partial charge in [-0.25, -0.2) is 4.39 Å². The Kier molecular flexibility index (Phi) is 5.72. The van der Waals surface area contributed by atoms with Crippen LogP contribution in [0.2, 0.25) is 0 Å². The van der Waals surface area contributed by atoms with Gasteiger partial charge < -0.3 is 15.0 Å². The lowest BCUT2D eigenvalue weighted by atomic mass is 10.0. The van der Waals surface area contributed by atoms with Crippen LogP contribution >= 0.6 is 0 Å². The minimum Gasteiger partial charge on any atom is -0.476 e. The molecule has 0 unspecified atom stereocenters. The predicted molar refractivity (Wildman–Crippen MR) is 99.7 cm³/mol. The van der Waals surface area contributed by atoms with Gasteiger partial charge in [0.2, 0.25) is 6.10 Å². The second-order valence-corrected chi connectivity index (χ2v) is 6.78. The van der Waals surface area contributed by atoms with E-state index in [1.807, 2.05) is 13.0 Å². The van der Waals surface area contributed by atoms with Crippen LogP contribution in [-0.4, -0.2) is 36.5 Å². The summed E-state index contributed by atoms with van der Waals surface area (Å²) in [6.45, 7) is 5.54. The number of benzene rings is 2. The summed E-state index contributed by atoms with van der Waals surface area (Å²) in [5, 5.41) is 12.2. The van der Waals surface area contributed by atoms with E-state index in [4.69, 9.17) is 10.00 Å². The number of aryl methyl sites for hydroxylation is 1. The summed E-state index contributed by atoms with van der Waals surface area (Å²) in [6, 6.07) is 13.5. The number of amides is 1. The highest BCUT2D eigenvalue weighted by Gasteiger charge is 2.30. The lowest BCUT2D eigenvalue weighted by Crippen LogP contribution is -2.53. The van der Waals surface area contributed by atoms with Gasteiger partial charge in [-0.05, 0) is 49.7 Å². The van der Waals surface area contributed by atoms with Crippen molar-refractivity contribution in [1.29, 1.82) is 5.26 Å². The highest BCUT2D eigenvalue weighted by molar-refractivity contribution is 5.83. The molecule has 2 atom stereocenters. The maximum absolute atomic E-state index is 14.1. The van der Waals surface area contributed by atoms with Crippen molar-refractivity contribution in [2.24, 2.45) is 0 Å². The van der Waals surface area contributed by atoms with E-state index in [0.29, 0.717) is 42.1 Å². The summed E-state index contributed by atoms with van der Waals surface area (Å²) in [4.78, 5) is 14.9. The average Bonchev–Trinajstić information content (AvgIpc) is 2.68. The third kappa shape index (κ3) is 4.44. The van der Waals surface area contributed by atoms with Gasteiger partial charge in [0.15, 0.2) is 0 Å². The van der Waals surface area contributed by atoms with E-state index in [0.717, 1.165) is 0 Å². The fourth-order valence-electron chi connectivity index (χ4n) is 3.08. The van der Waals surface area contributed by atoms with Gasteiger partial charge in [-0.3, -0.25) is 4.79 Å². The molecule has 2 aromatic rings. The van der Waals surface area contributed by atoms with Crippen molar-refractivity contribution in [3.05, 3.63) is 65.0 Å². The molecule has 27 heavy (non-hydrogen) atoms. The first-order chi connectivity index (χ1) is 13.0. The van der Waals surface area contributed by atoms with Crippen LogP contribution in [0.25, 0.3) is 0 Å². The Bertz CT molecular complexity index is 861. The summed E-state index contributed by atoms with van der Waals surface area (Å²) in [7, 11) is 0. The van der Waals surface area contributed by atoms with E-state index in [1.165, 1.54) is 6.07 Å². The van der Waals surface area contributed by atoms with Crippen LogP contribution < -0.4 is 10.1 Å². The highest BCUT2D eigenvalue weighted by Crippen LogP contribution is 2.26. The first-order valence-electron chi connectivity index (χ1n) is 8.93. The number of hydrogen-bond donors (Lipinski definition) is 1. The summed E-state index contributed by atoms with van der Waals surface area (Å²) >= 11 is 0. The lowest BCUT2D eigenvalue weighted by molar-refractivity contribution is -0.140. The van der Waals surface area contributed by atoms with Gasteiger partial charge in [0.25, 0.3) is 5.91 Å². The molecule has 3 rings (SSSR count). The number of piperazine rings is 1. The third-order valence-corrected chi connectivity index (χ3v) is 4.64. The second-order valence-electron chi connectivity index (χ2n) is 6.78. The standard InChI is InChI=1S/C21H22FN3O2/c1-14-3-6-17(11-19(14)22)20(21(26)25-10-9-24-15(2)13-25)27-18-7-4-16(12-23)5-8-18/h3-8,11,15,20,24H,9-10,13H2,1-2H3/t15-,20-/m1/s1. The highest BCUT2D eigenvalue weighted by atomic mass is 19.1. The van der Waals surface area contributed by atoms with Crippen molar-refractivity contribution < 1.29 is 13.9 Å². The fraction of sp³-hybridized carbons (Fsp3) is 0.333. The molecule has 0 aliphatic carbocycles. The summed E-state index contributed by atoms with van der Waals surface area (Å²) in [5.74, 6) is -0.116. The molecule has 2 aromatic carbocycles. The van der Waals surface area contributed by atoms with Crippen LogP contribution in [-0.2, 0) is 4.79 Å². The molecule has 1 heterocycles. The Morgan fingerprint density at radius 2 is 2.07 bits per heavy atom. The molecule has 0 aromatic heterocycles. The number of carbonyl (C=O) groups excluding carboxylic acids is 1. The Balaban J connectivity index is 1.90. The molecule has 0 bridgehead atoms. The molecule has 140 valence electrons. The van der Waals surface area contributed by atoms with Crippen LogP contribution in [0.15, 0.2) is 42.5 Å². The quantitative estimate of drug-likeness (QED) is 0.902. The summed E-state index contributed by atoms with van der Waals surface area (Å²) in [6.07, 6.45) is -0.946. The molecule has 6 heteroatoms. The SMILES string of the molecule is Cc1ccc([C@@H](Oc2ccc(C#N)cc2)C(=O)N2CCN[C@H](C)C2)cc1F. The number of nitriles is 1. The molecule has 5 nitrogen and oxygen atoms in total. The molecule has 1 fully saturated rings. The third-order valence-electron chi connectivity index (χ3n) is 4.64. The number of nitrogens with one attached hydrogen (secondary N) is 1. The van der Waals surface area contributed by atoms with Crippen molar-refractivity contribution in [3.8, 4) is 11.8 Å². The number of rotatable bonds is 4.